The van der Waals surface area contributed by atoms with Crippen LogP contribution in [0.25, 0.3) is 0 Å². The summed E-state index contributed by atoms with van der Waals surface area (Å²) in [6.07, 6.45) is 8.66. The predicted molar refractivity (Wildman–Crippen MR) is 81.4 cm³/mol. The number of carbonyl (C=O) groups excluding carboxylic acids is 1. The van der Waals surface area contributed by atoms with Crippen LogP contribution in [0.15, 0.2) is 35.2 Å². The van der Waals surface area contributed by atoms with Gasteiger partial charge in [-0.15, -0.1) is 0 Å². The monoisotopic (exact) mass is 299 g/mol. The molecule has 0 radical (unpaired) electrons. The van der Waals surface area contributed by atoms with E-state index in [1.807, 2.05) is 36.4 Å². The summed E-state index contributed by atoms with van der Waals surface area (Å²) >= 11 is 0. The zero-order valence-corrected chi connectivity index (χ0v) is 12.8. The highest BCUT2D eigenvalue weighted by atomic mass is 16.3. The molecule has 1 amide bonds. The first kappa shape index (κ1) is 13.6. The van der Waals surface area contributed by atoms with E-state index < -0.39 is 0 Å². The van der Waals surface area contributed by atoms with Gasteiger partial charge in [-0.1, -0.05) is 0 Å². The summed E-state index contributed by atoms with van der Waals surface area (Å²) in [7, 11) is 0. The Kier molecular flexibility index (Phi) is 3.28. The van der Waals surface area contributed by atoms with Gasteiger partial charge in [0, 0.05) is 37.3 Å². The van der Waals surface area contributed by atoms with Crippen molar-refractivity contribution in [3.63, 3.8) is 0 Å². The summed E-state index contributed by atoms with van der Waals surface area (Å²) in [5.41, 5.74) is 0. The number of nitrogens with zero attached hydrogens (tertiary/aromatic N) is 3. The van der Waals surface area contributed by atoms with Crippen LogP contribution in [0.1, 0.15) is 42.8 Å². The van der Waals surface area contributed by atoms with Gasteiger partial charge >= 0.3 is 0 Å². The fourth-order valence-electron chi connectivity index (χ4n) is 3.67. The molecule has 2 aromatic rings. The molecule has 4 rings (SSSR count). The second-order valence-corrected chi connectivity index (χ2v) is 6.43. The third-order valence-corrected chi connectivity index (χ3v) is 4.98. The summed E-state index contributed by atoms with van der Waals surface area (Å²) in [6, 6.07) is 4.24. The molecule has 1 saturated carbocycles. The summed E-state index contributed by atoms with van der Waals surface area (Å²) in [4.78, 5) is 19.1. The van der Waals surface area contributed by atoms with Crippen molar-refractivity contribution in [3.8, 4) is 0 Å². The molecule has 22 heavy (non-hydrogen) atoms. The van der Waals surface area contributed by atoms with E-state index in [1.165, 1.54) is 0 Å². The van der Waals surface area contributed by atoms with E-state index in [9.17, 15) is 4.79 Å². The van der Waals surface area contributed by atoms with Crippen molar-refractivity contribution < 1.29 is 9.21 Å². The zero-order valence-electron chi connectivity index (χ0n) is 12.8. The number of amides is 1. The molecule has 1 aliphatic heterocycles. The maximum absolute atomic E-state index is 12.7. The van der Waals surface area contributed by atoms with Gasteiger partial charge in [0.2, 0.25) is 5.91 Å². The molecule has 5 nitrogen and oxygen atoms in total. The first-order chi connectivity index (χ1) is 10.7. The van der Waals surface area contributed by atoms with Crippen LogP contribution in [0.2, 0.25) is 0 Å². The molecule has 2 aliphatic rings. The van der Waals surface area contributed by atoms with Crippen LogP contribution >= 0.6 is 0 Å². The fraction of sp³-hybridized carbons (Fsp3) is 0.529. The largest absolute Gasteiger partial charge is 0.469 e. The molecule has 0 N–H and O–H groups in total. The second kappa shape index (κ2) is 5.30. The number of imidazole rings is 1. The molecule has 2 aromatic heterocycles. The number of carbonyl (C=O) groups is 1. The van der Waals surface area contributed by atoms with Gasteiger partial charge in [0.25, 0.3) is 0 Å². The lowest BCUT2D eigenvalue weighted by Crippen LogP contribution is -2.41. The van der Waals surface area contributed by atoms with Gasteiger partial charge in [0.15, 0.2) is 0 Å². The summed E-state index contributed by atoms with van der Waals surface area (Å²) in [5.74, 6) is 2.69. The van der Waals surface area contributed by atoms with Crippen LogP contribution in [0, 0.1) is 12.8 Å². The van der Waals surface area contributed by atoms with Crippen LogP contribution < -0.4 is 0 Å². The molecule has 0 spiro atoms. The Labute approximate surface area is 129 Å². The lowest BCUT2D eigenvalue weighted by Gasteiger charge is -2.34. The van der Waals surface area contributed by atoms with E-state index in [4.69, 9.17) is 4.42 Å². The molecular weight excluding hydrogens is 278 g/mol. The van der Waals surface area contributed by atoms with Crippen molar-refractivity contribution in [2.75, 3.05) is 13.1 Å². The number of likely N-dealkylation sites (tertiary alicyclic amines) is 1. The van der Waals surface area contributed by atoms with Gasteiger partial charge in [-0.2, -0.15) is 0 Å². The third-order valence-electron chi connectivity index (χ3n) is 4.98. The van der Waals surface area contributed by atoms with Crippen molar-refractivity contribution in [2.24, 2.45) is 5.92 Å². The molecule has 0 unspecified atom stereocenters. The molecule has 0 bridgehead atoms. The first-order valence-corrected chi connectivity index (χ1v) is 8.05. The number of rotatable bonds is 3. The maximum atomic E-state index is 12.7. The highest BCUT2D eigenvalue weighted by Crippen LogP contribution is 2.49. The van der Waals surface area contributed by atoms with E-state index in [2.05, 4.69) is 9.55 Å². The standard InChI is InChI=1S/C17H21N3O2/c1-12-18-6-8-20(12)13-4-2-7-19(11-13)17(21)15-10-14(15)16-5-3-9-22-16/h3,5-6,8-9,13-15H,2,4,7,10-11H2,1H3/t13-,14-,15-/m1/s1. The van der Waals surface area contributed by atoms with Crippen molar-refractivity contribution in [2.45, 2.75) is 38.1 Å². The molecule has 1 aliphatic carbocycles. The van der Waals surface area contributed by atoms with Crippen LogP contribution in [0.4, 0.5) is 0 Å². The minimum atomic E-state index is 0.119. The lowest BCUT2D eigenvalue weighted by molar-refractivity contribution is -0.134. The van der Waals surface area contributed by atoms with Crippen LogP contribution in [-0.2, 0) is 4.79 Å². The Balaban J connectivity index is 1.43. The summed E-state index contributed by atoms with van der Waals surface area (Å²) < 4.78 is 7.64. The Morgan fingerprint density at radius 3 is 3.09 bits per heavy atom. The first-order valence-electron chi connectivity index (χ1n) is 8.05. The highest BCUT2D eigenvalue weighted by Gasteiger charge is 2.48. The van der Waals surface area contributed by atoms with Crippen molar-refractivity contribution in [3.05, 3.63) is 42.4 Å². The number of hydrogen-bond donors (Lipinski definition) is 0. The molecular formula is C17H21N3O2. The molecule has 116 valence electrons. The summed E-state index contributed by atoms with van der Waals surface area (Å²) in [5, 5.41) is 0. The molecule has 1 saturated heterocycles. The van der Waals surface area contributed by atoms with Crippen molar-refractivity contribution >= 4 is 5.91 Å². The minimum Gasteiger partial charge on any atom is -0.469 e. The normalized spacial score (nSPS) is 27.9. The van der Waals surface area contributed by atoms with Crippen molar-refractivity contribution in [1.29, 1.82) is 0 Å². The van der Waals surface area contributed by atoms with E-state index in [-0.39, 0.29) is 11.8 Å². The lowest BCUT2D eigenvalue weighted by atomic mass is 10.0. The van der Waals surface area contributed by atoms with Gasteiger partial charge in [-0.3, -0.25) is 4.79 Å². The Hall–Kier alpha value is -2.04. The number of piperidine rings is 1. The number of aromatic nitrogens is 2. The van der Waals surface area contributed by atoms with Crippen molar-refractivity contribution in [1.82, 2.24) is 14.5 Å². The molecule has 2 fully saturated rings. The summed E-state index contributed by atoms with van der Waals surface area (Å²) in [6.45, 7) is 3.70. The zero-order chi connectivity index (χ0) is 15.1. The van der Waals surface area contributed by atoms with Gasteiger partial charge in [0.05, 0.1) is 12.3 Å². The third kappa shape index (κ3) is 2.34. The smallest absolute Gasteiger partial charge is 0.226 e. The second-order valence-electron chi connectivity index (χ2n) is 6.43. The van der Waals surface area contributed by atoms with Gasteiger partial charge in [0.1, 0.15) is 11.6 Å². The van der Waals surface area contributed by atoms with E-state index in [0.717, 1.165) is 43.9 Å². The quantitative estimate of drug-likeness (QED) is 0.875. The van der Waals surface area contributed by atoms with E-state index >= 15 is 0 Å². The fourth-order valence-corrected chi connectivity index (χ4v) is 3.67. The van der Waals surface area contributed by atoms with Gasteiger partial charge in [-0.05, 0) is 38.3 Å². The Bertz CT molecular complexity index is 661. The molecule has 3 atom stereocenters. The highest BCUT2D eigenvalue weighted by molar-refractivity contribution is 5.83. The van der Waals surface area contributed by atoms with Gasteiger partial charge in [-0.25, -0.2) is 4.98 Å². The SMILES string of the molecule is Cc1nccn1[C@@H]1CCCN(C(=O)[C@@H]2C[C@H]2c2ccco2)C1. The van der Waals surface area contributed by atoms with E-state index in [0.29, 0.717) is 11.9 Å². The molecule has 3 heterocycles. The topological polar surface area (TPSA) is 51.3 Å². The number of hydrogen-bond acceptors (Lipinski definition) is 3. The number of furan rings is 1. The number of aryl methyl sites for hydroxylation is 1. The predicted octanol–water partition coefficient (Wildman–Crippen LogP) is 2.75. The average Bonchev–Trinajstić information content (AvgIpc) is 2.95. The van der Waals surface area contributed by atoms with Crippen LogP contribution in [0.3, 0.4) is 0 Å². The molecule has 0 aromatic carbocycles. The maximum Gasteiger partial charge on any atom is 0.226 e. The minimum absolute atomic E-state index is 0.119. The van der Waals surface area contributed by atoms with Crippen LogP contribution in [0.5, 0.6) is 0 Å². The Morgan fingerprint density at radius 2 is 2.36 bits per heavy atom. The van der Waals surface area contributed by atoms with Gasteiger partial charge < -0.3 is 13.9 Å². The Morgan fingerprint density at radius 1 is 1.45 bits per heavy atom. The average molecular weight is 299 g/mol. The van der Waals surface area contributed by atoms with E-state index in [1.54, 1.807) is 6.26 Å². The van der Waals surface area contributed by atoms with Crippen LogP contribution in [-0.4, -0.2) is 33.4 Å². The molecule has 5 heteroatoms.